The SMILES string of the molecule is O=C1C2C(C(=O)N1OS(=O)(=O)c1cccc(C(F)(F)F)c1)C1C(=O)N(OS(=O)(=O)c3cccc(C(F)(F)F)c3)C(=O)C21. The summed E-state index contributed by atoms with van der Waals surface area (Å²) in [7, 11) is -10.4. The number of hydroxylamine groups is 4. The van der Waals surface area contributed by atoms with Crippen molar-refractivity contribution in [1.29, 1.82) is 0 Å². The van der Waals surface area contributed by atoms with Crippen molar-refractivity contribution < 1.29 is 70.9 Å². The molecule has 2 aromatic rings. The van der Waals surface area contributed by atoms with Crippen molar-refractivity contribution in [2.45, 2.75) is 22.1 Å². The van der Waals surface area contributed by atoms with Crippen LogP contribution in [0, 0.1) is 23.7 Å². The molecule has 224 valence electrons. The Labute approximate surface area is 230 Å². The van der Waals surface area contributed by atoms with Crippen LogP contribution in [0.15, 0.2) is 58.3 Å². The van der Waals surface area contributed by atoms with Gasteiger partial charge in [-0.2, -0.15) is 43.2 Å². The number of hydrogen-bond donors (Lipinski definition) is 0. The molecular weight excluding hydrogens is 630 g/mol. The van der Waals surface area contributed by atoms with Gasteiger partial charge in [-0.3, -0.25) is 19.2 Å². The van der Waals surface area contributed by atoms with E-state index >= 15 is 0 Å². The maximum atomic E-state index is 13.0. The topological polar surface area (TPSA) is 161 Å². The lowest BCUT2D eigenvalue weighted by Gasteiger charge is -2.35. The Morgan fingerprint density at radius 2 is 0.833 bits per heavy atom. The fraction of sp³-hybridized carbons (Fsp3) is 0.273. The molecule has 0 spiro atoms. The van der Waals surface area contributed by atoms with Gasteiger partial charge < -0.3 is 0 Å². The summed E-state index contributed by atoms with van der Waals surface area (Å²) in [5.74, 6) is -12.8. The zero-order chi connectivity index (χ0) is 31.2. The summed E-state index contributed by atoms with van der Waals surface area (Å²) in [6.07, 6.45) is -9.91. The van der Waals surface area contributed by atoms with Gasteiger partial charge in [-0.25, -0.2) is 0 Å². The highest BCUT2D eigenvalue weighted by molar-refractivity contribution is 7.87. The van der Waals surface area contributed by atoms with Gasteiger partial charge in [0.2, 0.25) is 0 Å². The normalized spacial score (nSPS) is 24.6. The molecular formula is C22H12F6N2O10S2. The summed E-state index contributed by atoms with van der Waals surface area (Å²) in [5, 5.41) is -0.622. The lowest BCUT2D eigenvalue weighted by molar-refractivity contribution is -0.169. The summed E-state index contributed by atoms with van der Waals surface area (Å²) >= 11 is 0. The van der Waals surface area contributed by atoms with Crippen LogP contribution in [0.25, 0.3) is 0 Å². The fourth-order valence-electron chi connectivity index (χ4n) is 4.82. The molecule has 3 aliphatic rings. The summed E-state index contributed by atoms with van der Waals surface area (Å²) in [4.78, 5) is 49.2. The van der Waals surface area contributed by atoms with Gasteiger partial charge in [-0.1, -0.05) is 12.1 Å². The average molecular weight is 642 g/mol. The minimum atomic E-state index is -5.22. The number of benzene rings is 2. The molecule has 2 aliphatic heterocycles. The molecule has 0 bridgehead atoms. The number of rotatable bonds is 6. The molecule has 5 rings (SSSR count). The molecule has 0 radical (unpaired) electrons. The monoisotopic (exact) mass is 642 g/mol. The largest absolute Gasteiger partial charge is 0.416 e. The quantitative estimate of drug-likeness (QED) is 0.336. The van der Waals surface area contributed by atoms with E-state index in [2.05, 4.69) is 8.57 Å². The van der Waals surface area contributed by atoms with Crippen molar-refractivity contribution in [1.82, 2.24) is 10.1 Å². The first-order valence-corrected chi connectivity index (χ1v) is 14.1. The van der Waals surface area contributed by atoms with Crippen molar-refractivity contribution in [3.8, 4) is 0 Å². The van der Waals surface area contributed by atoms with Crippen molar-refractivity contribution in [2.75, 3.05) is 0 Å². The fourth-order valence-corrected chi connectivity index (χ4v) is 6.71. The highest BCUT2D eigenvalue weighted by atomic mass is 32.2. The predicted molar refractivity (Wildman–Crippen MR) is 117 cm³/mol. The van der Waals surface area contributed by atoms with Gasteiger partial charge in [-0.05, 0) is 36.4 Å². The number of fused-ring (bicyclic) bond motifs is 4. The molecule has 1 aliphatic carbocycles. The molecule has 20 heteroatoms. The molecule has 42 heavy (non-hydrogen) atoms. The molecule has 2 heterocycles. The zero-order valence-electron chi connectivity index (χ0n) is 20.0. The molecule has 0 unspecified atom stereocenters. The third-order valence-electron chi connectivity index (χ3n) is 6.73. The summed E-state index contributed by atoms with van der Waals surface area (Å²) in [5.41, 5.74) is -2.78. The van der Waals surface area contributed by atoms with E-state index in [1.165, 1.54) is 0 Å². The Morgan fingerprint density at radius 1 is 0.548 bits per heavy atom. The summed E-state index contributed by atoms with van der Waals surface area (Å²) in [6.45, 7) is 0. The van der Waals surface area contributed by atoms with E-state index in [4.69, 9.17) is 0 Å². The number of halogens is 6. The van der Waals surface area contributed by atoms with Gasteiger partial charge in [0, 0.05) is 0 Å². The first-order chi connectivity index (χ1) is 19.3. The van der Waals surface area contributed by atoms with Gasteiger partial charge in [0.15, 0.2) is 0 Å². The Hall–Kier alpha value is -3.88. The number of imide groups is 2. The van der Waals surface area contributed by atoms with Crippen LogP contribution >= 0.6 is 0 Å². The van der Waals surface area contributed by atoms with E-state index in [9.17, 15) is 62.4 Å². The minimum Gasteiger partial charge on any atom is -0.272 e. The van der Waals surface area contributed by atoms with Gasteiger partial charge >= 0.3 is 32.6 Å². The van der Waals surface area contributed by atoms with Crippen molar-refractivity contribution in [3.63, 3.8) is 0 Å². The molecule has 4 amide bonds. The molecule has 0 N–H and O–H groups in total. The number of carbonyl (C=O) groups is 4. The Balaban J connectivity index is 1.36. The van der Waals surface area contributed by atoms with Crippen molar-refractivity contribution in [2.24, 2.45) is 23.7 Å². The standard InChI is InChI=1S/C22H12F6N2O10S2/c23-21(24,25)9-3-1-5-11(7-9)41(35,36)39-29-17(31)13-14(18(29)32)16-15(13)19(33)30(20(16)34)40-42(37,38)12-6-2-4-10(8-12)22(26,27)28/h1-8,13-16H. The molecule has 12 nitrogen and oxygen atoms in total. The smallest absolute Gasteiger partial charge is 0.272 e. The van der Waals surface area contributed by atoms with Crippen molar-refractivity contribution in [3.05, 3.63) is 59.7 Å². The van der Waals surface area contributed by atoms with Crippen LogP contribution in [0.3, 0.4) is 0 Å². The van der Waals surface area contributed by atoms with Crippen LogP contribution in [-0.4, -0.2) is 50.6 Å². The number of nitrogens with zero attached hydrogens (tertiary/aromatic N) is 2. The highest BCUT2D eigenvalue weighted by Gasteiger charge is 2.75. The maximum Gasteiger partial charge on any atom is 0.416 e. The number of alkyl halides is 6. The van der Waals surface area contributed by atoms with E-state index in [0.717, 1.165) is 12.1 Å². The van der Waals surface area contributed by atoms with E-state index < -0.39 is 101 Å². The second-order valence-corrected chi connectivity index (χ2v) is 12.2. The molecule has 3 fully saturated rings. The molecule has 2 saturated heterocycles. The third-order valence-corrected chi connectivity index (χ3v) is 9.09. The first kappa shape index (κ1) is 29.6. The average Bonchev–Trinajstić information content (AvgIpc) is 3.18. The highest BCUT2D eigenvalue weighted by Crippen LogP contribution is 2.57. The van der Waals surface area contributed by atoms with Crippen molar-refractivity contribution >= 4 is 43.9 Å². The van der Waals surface area contributed by atoms with Gasteiger partial charge in [-0.15, -0.1) is 18.7 Å². The second-order valence-electron chi connectivity index (χ2n) is 9.15. The number of hydrogen-bond acceptors (Lipinski definition) is 10. The molecule has 1 saturated carbocycles. The number of carbonyl (C=O) groups excluding carboxylic acids is 4. The first-order valence-electron chi connectivity index (χ1n) is 11.2. The van der Waals surface area contributed by atoms with Crippen LogP contribution < -0.4 is 0 Å². The van der Waals surface area contributed by atoms with Gasteiger partial charge in [0.1, 0.15) is 0 Å². The van der Waals surface area contributed by atoms with Gasteiger partial charge in [0.25, 0.3) is 23.6 Å². The van der Waals surface area contributed by atoms with Crippen LogP contribution in [0.1, 0.15) is 11.1 Å². The zero-order valence-corrected chi connectivity index (χ0v) is 21.6. The number of amides is 4. The Bertz CT molecular complexity index is 1600. The van der Waals surface area contributed by atoms with Crippen LogP contribution in [0.5, 0.6) is 0 Å². The van der Waals surface area contributed by atoms with Crippen LogP contribution in [0.2, 0.25) is 0 Å². The molecule has 0 atom stereocenters. The van der Waals surface area contributed by atoms with E-state index in [0.29, 0.717) is 24.3 Å². The summed E-state index contributed by atoms with van der Waals surface area (Å²) < 4.78 is 137. The van der Waals surface area contributed by atoms with Crippen LogP contribution in [0.4, 0.5) is 26.3 Å². The Kier molecular flexibility index (Phi) is 6.56. The lowest BCUT2D eigenvalue weighted by atomic mass is 9.59. The van der Waals surface area contributed by atoms with E-state index in [-0.39, 0.29) is 22.3 Å². The minimum absolute atomic E-state index is 0.177. The van der Waals surface area contributed by atoms with E-state index in [1.807, 2.05) is 0 Å². The second kappa shape index (κ2) is 9.31. The van der Waals surface area contributed by atoms with Gasteiger partial charge in [0.05, 0.1) is 44.6 Å². The third kappa shape index (κ3) is 4.63. The van der Waals surface area contributed by atoms with E-state index in [1.54, 1.807) is 0 Å². The molecule has 2 aromatic carbocycles. The Morgan fingerprint density at radius 3 is 1.10 bits per heavy atom. The van der Waals surface area contributed by atoms with Crippen LogP contribution in [-0.2, 0) is 60.3 Å². The molecule has 0 aromatic heterocycles. The lowest BCUT2D eigenvalue weighted by Crippen LogP contribution is -2.50. The maximum absolute atomic E-state index is 13.0. The predicted octanol–water partition coefficient (Wildman–Crippen LogP) is 1.88. The summed E-state index contributed by atoms with van der Waals surface area (Å²) in [6, 6.07) is 4.27.